The molecule has 1 aromatic heterocycles. The third-order valence-electron chi connectivity index (χ3n) is 2.87. The van der Waals surface area contributed by atoms with Crippen LogP contribution >= 0.6 is 15.9 Å². The maximum absolute atomic E-state index is 12.0. The number of nitrogens with zero attached hydrogens (tertiary/aromatic N) is 1. The van der Waals surface area contributed by atoms with E-state index in [9.17, 15) is 15.0 Å². The number of aromatic nitrogens is 2. The molecule has 0 radical (unpaired) electrons. The van der Waals surface area contributed by atoms with Crippen molar-refractivity contribution in [1.29, 1.82) is 0 Å². The van der Waals surface area contributed by atoms with Crippen molar-refractivity contribution in [2.45, 2.75) is 0 Å². The van der Waals surface area contributed by atoms with Gasteiger partial charge in [0, 0.05) is 6.07 Å². The minimum atomic E-state index is -0.353. The maximum atomic E-state index is 12.0. The van der Waals surface area contributed by atoms with Gasteiger partial charge in [-0.05, 0) is 34.1 Å². The normalized spacial score (nSPS) is 11.0. The van der Waals surface area contributed by atoms with Crippen LogP contribution in [0.5, 0.6) is 11.5 Å². The monoisotopic (exact) mass is 320 g/mol. The number of aromatic amines is 1. The Hall–Kier alpha value is -2.21. The Balaban J connectivity index is 2.40. The molecule has 3 rings (SSSR count). The zero-order valence-corrected chi connectivity index (χ0v) is 11.2. The highest BCUT2D eigenvalue weighted by atomic mass is 79.9. The fourth-order valence-electron chi connectivity index (χ4n) is 2.01. The van der Waals surface area contributed by atoms with Gasteiger partial charge >= 0.3 is 5.69 Å². The molecule has 96 valence electrons. The third kappa shape index (κ3) is 1.80. The predicted octanol–water partition coefficient (Wildman–Crippen LogP) is 2.49. The lowest BCUT2D eigenvalue weighted by atomic mass is 10.2. The van der Waals surface area contributed by atoms with Crippen LogP contribution in [0.3, 0.4) is 0 Å². The standard InChI is InChI=1S/C13H9BrN2O3/c14-7-5-10(12(18)6-11(7)17)16-9-4-2-1-3-8(9)15-13(16)19/h1-6,17-18H,(H,15,19). The number of nitrogens with one attached hydrogen (secondary N) is 1. The van der Waals surface area contributed by atoms with E-state index < -0.39 is 0 Å². The quantitative estimate of drug-likeness (QED) is 0.644. The number of fused-ring (bicyclic) bond motifs is 1. The number of para-hydroxylation sites is 2. The second-order valence-electron chi connectivity index (χ2n) is 4.08. The number of aromatic hydroxyl groups is 2. The van der Waals surface area contributed by atoms with Gasteiger partial charge in [0.05, 0.1) is 21.2 Å². The largest absolute Gasteiger partial charge is 0.507 e. The average Bonchev–Trinajstić information content (AvgIpc) is 2.70. The summed E-state index contributed by atoms with van der Waals surface area (Å²) in [6, 6.07) is 9.85. The number of imidazole rings is 1. The number of rotatable bonds is 1. The van der Waals surface area contributed by atoms with Crippen molar-refractivity contribution in [1.82, 2.24) is 9.55 Å². The van der Waals surface area contributed by atoms with Crippen LogP contribution in [0.4, 0.5) is 0 Å². The summed E-state index contributed by atoms with van der Waals surface area (Å²) in [5.74, 6) is -0.262. The molecule has 0 spiro atoms. The van der Waals surface area contributed by atoms with E-state index in [1.807, 2.05) is 6.07 Å². The number of hydrogen-bond acceptors (Lipinski definition) is 3. The van der Waals surface area contributed by atoms with Gasteiger partial charge in [0.25, 0.3) is 0 Å². The zero-order valence-electron chi connectivity index (χ0n) is 9.59. The lowest BCUT2D eigenvalue weighted by molar-refractivity contribution is 0.446. The van der Waals surface area contributed by atoms with Crippen molar-refractivity contribution in [3.63, 3.8) is 0 Å². The van der Waals surface area contributed by atoms with Gasteiger partial charge in [0.1, 0.15) is 11.5 Å². The van der Waals surface area contributed by atoms with Crippen LogP contribution in [0.2, 0.25) is 0 Å². The maximum Gasteiger partial charge on any atom is 0.331 e. The Morgan fingerprint density at radius 3 is 2.63 bits per heavy atom. The van der Waals surface area contributed by atoms with Gasteiger partial charge in [-0.15, -0.1) is 0 Å². The number of phenols is 2. The molecule has 5 nitrogen and oxygen atoms in total. The summed E-state index contributed by atoms with van der Waals surface area (Å²) >= 11 is 3.17. The molecule has 0 saturated heterocycles. The van der Waals surface area contributed by atoms with Gasteiger partial charge < -0.3 is 15.2 Å². The number of hydrogen-bond donors (Lipinski definition) is 3. The van der Waals surface area contributed by atoms with Crippen LogP contribution < -0.4 is 5.69 Å². The summed E-state index contributed by atoms with van der Waals surface area (Å²) in [6.45, 7) is 0. The second-order valence-corrected chi connectivity index (χ2v) is 4.93. The Bertz CT molecular complexity index is 836. The van der Waals surface area contributed by atoms with E-state index in [-0.39, 0.29) is 17.2 Å². The molecule has 2 aromatic carbocycles. The van der Waals surface area contributed by atoms with Crippen LogP contribution in [0.1, 0.15) is 0 Å². The fraction of sp³-hybridized carbons (Fsp3) is 0. The van der Waals surface area contributed by atoms with Crippen LogP contribution in [-0.2, 0) is 0 Å². The number of halogens is 1. The fourth-order valence-corrected chi connectivity index (χ4v) is 2.34. The summed E-state index contributed by atoms with van der Waals surface area (Å²) in [7, 11) is 0. The van der Waals surface area contributed by atoms with Crippen molar-refractivity contribution in [2.75, 3.05) is 0 Å². The van der Waals surface area contributed by atoms with Crippen molar-refractivity contribution in [3.05, 3.63) is 51.4 Å². The minimum Gasteiger partial charge on any atom is -0.507 e. The summed E-state index contributed by atoms with van der Waals surface area (Å²) in [5, 5.41) is 19.4. The molecule has 0 amide bonds. The molecule has 0 saturated carbocycles. The van der Waals surface area contributed by atoms with Gasteiger partial charge in [-0.3, -0.25) is 4.57 Å². The molecule has 0 aliphatic heterocycles. The van der Waals surface area contributed by atoms with Crippen molar-refractivity contribution < 1.29 is 10.2 Å². The lowest BCUT2D eigenvalue weighted by Crippen LogP contribution is -2.14. The van der Waals surface area contributed by atoms with E-state index in [2.05, 4.69) is 20.9 Å². The first-order valence-corrected chi connectivity index (χ1v) is 6.29. The summed E-state index contributed by atoms with van der Waals surface area (Å²) in [4.78, 5) is 14.7. The smallest absolute Gasteiger partial charge is 0.331 e. The molecule has 0 atom stereocenters. The van der Waals surface area contributed by atoms with E-state index >= 15 is 0 Å². The molecule has 3 aromatic rings. The molecular weight excluding hydrogens is 312 g/mol. The van der Waals surface area contributed by atoms with Crippen molar-refractivity contribution in [3.8, 4) is 17.2 Å². The molecule has 3 N–H and O–H groups in total. The average molecular weight is 321 g/mol. The minimum absolute atomic E-state index is 0.0888. The van der Waals surface area contributed by atoms with Crippen LogP contribution in [0.25, 0.3) is 16.7 Å². The molecule has 1 heterocycles. The predicted molar refractivity (Wildman–Crippen MR) is 74.9 cm³/mol. The highest BCUT2D eigenvalue weighted by Gasteiger charge is 2.14. The Morgan fingerprint density at radius 2 is 1.84 bits per heavy atom. The SMILES string of the molecule is O=c1[nH]c2ccccc2n1-c1cc(Br)c(O)cc1O. The van der Waals surface area contributed by atoms with E-state index in [0.717, 1.165) is 0 Å². The van der Waals surface area contributed by atoms with E-state index in [4.69, 9.17) is 0 Å². The Kier molecular flexibility index (Phi) is 2.60. The topological polar surface area (TPSA) is 78.2 Å². The van der Waals surface area contributed by atoms with Gasteiger partial charge in [0.2, 0.25) is 0 Å². The summed E-state index contributed by atoms with van der Waals surface area (Å²) < 4.78 is 1.76. The summed E-state index contributed by atoms with van der Waals surface area (Å²) in [6.07, 6.45) is 0. The third-order valence-corrected chi connectivity index (χ3v) is 3.51. The van der Waals surface area contributed by atoms with Crippen LogP contribution in [0.15, 0.2) is 45.7 Å². The molecule has 19 heavy (non-hydrogen) atoms. The van der Waals surface area contributed by atoms with Gasteiger partial charge in [-0.1, -0.05) is 12.1 Å². The lowest BCUT2D eigenvalue weighted by Gasteiger charge is -2.08. The first-order chi connectivity index (χ1) is 9.08. The van der Waals surface area contributed by atoms with Crippen molar-refractivity contribution in [2.24, 2.45) is 0 Å². The molecule has 0 aliphatic carbocycles. The highest BCUT2D eigenvalue weighted by molar-refractivity contribution is 9.10. The molecule has 0 aliphatic rings. The van der Waals surface area contributed by atoms with Crippen LogP contribution in [-0.4, -0.2) is 19.8 Å². The zero-order chi connectivity index (χ0) is 13.6. The molecule has 0 bridgehead atoms. The molecule has 0 unspecified atom stereocenters. The molecule has 0 fully saturated rings. The first kappa shape index (κ1) is 11.9. The number of phenolic OH excluding ortho intramolecular Hbond substituents is 2. The van der Waals surface area contributed by atoms with E-state index in [1.54, 1.807) is 18.2 Å². The van der Waals surface area contributed by atoms with Crippen molar-refractivity contribution >= 4 is 27.0 Å². The van der Waals surface area contributed by atoms with E-state index in [0.29, 0.717) is 21.2 Å². The van der Waals surface area contributed by atoms with Gasteiger partial charge in [-0.25, -0.2) is 4.79 Å². The van der Waals surface area contributed by atoms with Gasteiger partial charge in [0.15, 0.2) is 0 Å². The van der Waals surface area contributed by atoms with Gasteiger partial charge in [-0.2, -0.15) is 0 Å². The molecule has 6 heteroatoms. The Labute approximate surface area is 115 Å². The second kappa shape index (κ2) is 4.17. The Morgan fingerprint density at radius 1 is 1.11 bits per heavy atom. The highest BCUT2D eigenvalue weighted by Crippen LogP contribution is 2.33. The number of H-pyrrole nitrogens is 1. The van der Waals surface area contributed by atoms with E-state index in [1.165, 1.54) is 16.7 Å². The van der Waals surface area contributed by atoms with Crippen LogP contribution in [0, 0.1) is 0 Å². The molecular formula is C13H9BrN2O3. The number of benzene rings is 2. The first-order valence-electron chi connectivity index (χ1n) is 5.49. The summed E-state index contributed by atoms with van der Waals surface area (Å²) in [5.41, 5.74) is 1.28.